The van der Waals surface area contributed by atoms with E-state index < -0.39 is 18.6 Å². The van der Waals surface area contributed by atoms with Gasteiger partial charge in [-0.2, -0.15) is 0 Å². The lowest BCUT2D eigenvalue weighted by molar-refractivity contribution is -0.146. The van der Waals surface area contributed by atoms with Crippen LogP contribution >= 0.6 is 0 Å². The molecule has 0 aliphatic rings. The molecule has 74 valence electrons. The predicted octanol–water partition coefficient (Wildman–Crippen LogP) is -0.787. The second kappa shape index (κ2) is 6.19. The van der Waals surface area contributed by atoms with E-state index in [9.17, 15) is 9.59 Å². The lowest BCUT2D eigenvalue weighted by Crippen LogP contribution is -2.43. The molecule has 0 aromatic carbocycles. The Bertz CT molecular complexity index is 202. The smallest absolute Gasteiger partial charge is 0.330 e. The van der Waals surface area contributed by atoms with Gasteiger partial charge in [0.05, 0.1) is 13.7 Å². The topological polar surface area (TPSA) is 75.6 Å². The lowest BCUT2D eigenvalue weighted by atomic mass is 10.3. The molecule has 0 fully saturated rings. The van der Waals surface area contributed by atoms with E-state index in [4.69, 9.17) is 5.11 Å². The molecule has 0 saturated heterocycles. The van der Waals surface area contributed by atoms with Crippen molar-refractivity contribution in [2.45, 2.75) is 12.5 Å². The first-order valence-electron chi connectivity index (χ1n) is 3.74. The maximum absolute atomic E-state index is 10.9. The zero-order valence-corrected chi connectivity index (χ0v) is 7.45. The first-order valence-corrected chi connectivity index (χ1v) is 3.74. The van der Waals surface area contributed by atoms with Crippen LogP contribution in [0.5, 0.6) is 0 Å². The minimum Gasteiger partial charge on any atom is -0.467 e. The monoisotopic (exact) mass is 187 g/mol. The first-order chi connectivity index (χ1) is 6.15. The maximum Gasteiger partial charge on any atom is 0.330 e. The number of amides is 1. The average Bonchev–Trinajstić information content (AvgIpc) is 2.13. The fraction of sp³-hybridized carbons (Fsp3) is 0.500. The van der Waals surface area contributed by atoms with Gasteiger partial charge in [-0.1, -0.05) is 6.08 Å². The summed E-state index contributed by atoms with van der Waals surface area (Å²) in [5.74, 6) is -1.04. The Morgan fingerprint density at radius 3 is 2.69 bits per heavy atom. The first kappa shape index (κ1) is 11.6. The average molecular weight is 187 g/mol. The Morgan fingerprint density at radius 1 is 1.69 bits per heavy atom. The molecule has 0 heterocycles. The zero-order chi connectivity index (χ0) is 10.3. The molecule has 0 aliphatic heterocycles. The fourth-order valence-corrected chi connectivity index (χ4v) is 0.706. The summed E-state index contributed by atoms with van der Waals surface area (Å²) in [5.41, 5.74) is 0. The van der Waals surface area contributed by atoms with Crippen molar-refractivity contribution in [3.8, 4) is 0 Å². The molecule has 0 unspecified atom stereocenters. The summed E-state index contributed by atoms with van der Waals surface area (Å²) in [6.07, 6.45) is 1.51. The molecule has 1 atom stereocenters. The third kappa shape index (κ3) is 4.27. The summed E-state index contributed by atoms with van der Waals surface area (Å²) in [7, 11) is 1.19. The zero-order valence-electron chi connectivity index (χ0n) is 7.45. The van der Waals surface area contributed by atoms with Crippen molar-refractivity contribution in [1.29, 1.82) is 0 Å². The number of ether oxygens (including phenoxy) is 1. The lowest BCUT2D eigenvalue weighted by Gasteiger charge is -2.12. The number of methoxy groups -OCH3 is 1. The van der Waals surface area contributed by atoms with Gasteiger partial charge in [-0.25, -0.2) is 4.79 Å². The van der Waals surface area contributed by atoms with Crippen LogP contribution in [0.2, 0.25) is 0 Å². The molecular weight excluding hydrogens is 174 g/mol. The van der Waals surface area contributed by atoms with Crippen LogP contribution in [0.25, 0.3) is 0 Å². The van der Waals surface area contributed by atoms with Crippen molar-refractivity contribution in [3.63, 3.8) is 0 Å². The van der Waals surface area contributed by atoms with E-state index in [-0.39, 0.29) is 12.3 Å². The summed E-state index contributed by atoms with van der Waals surface area (Å²) >= 11 is 0. The Morgan fingerprint density at radius 2 is 2.31 bits per heavy atom. The fourth-order valence-electron chi connectivity index (χ4n) is 0.706. The van der Waals surface area contributed by atoms with E-state index in [1.807, 2.05) is 0 Å². The summed E-state index contributed by atoms with van der Waals surface area (Å²) in [4.78, 5) is 21.8. The molecule has 0 aromatic heterocycles. The van der Waals surface area contributed by atoms with Crippen molar-refractivity contribution in [2.75, 3.05) is 13.7 Å². The highest BCUT2D eigenvalue weighted by molar-refractivity contribution is 5.85. The highest BCUT2D eigenvalue weighted by Crippen LogP contribution is 1.89. The van der Waals surface area contributed by atoms with Gasteiger partial charge < -0.3 is 15.2 Å². The number of aliphatic hydroxyl groups excluding tert-OH is 1. The standard InChI is InChI=1S/C8H13NO4/c1-3-4-7(11)9-6(5-10)8(12)13-2/h3,6,10H,1,4-5H2,2H3,(H,9,11)/t6-/m0/s1. The van der Waals surface area contributed by atoms with Crippen LogP contribution in [0.4, 0.5) is 0 Å². The Labute approximate surface area is 76.4 Å². The van der Waals surface area contributed by atoms with E-state index in [2.05, 4.69) is 16.6 Å². The quantitative estimate of drug-likeness (QED) is 0.437. The highest BCUT2D eigenvalue weighted by atomic mass is 16.5. The van der Waals surface area contributed by atoms with E-state index in [1.165, 1.54) is 13.2 Å². The molecule has 0 spiro atoms. The SMILES string of the molecule is C=CCC(=O)N[C@@H](CO)C(=O)OC. The molecule has 0 rings (SSSR count). The Kier molecular flexibility index (Phi) is 5.54. The van der Waals surface area contributed by atoms with Gasteiger partial charge in [0.25, 0.3) is 0 Å². The van der Waals surface area contributed by atoms with Crippen LogP contribution in [-0.4, -0.2) is 36.7 Å². The van der Waals surface area contributed by atoms with Gasteiger partial charge in [0, 0.05) is 6.42 Å². The van der Waals surface area contributed by atoms with Crippen LogP contribution in [0, 0.1) is 0 Å². The molecule has 13 heavy (non-hydrogen) atoms. The summed E-state index contributed by atoms with van der Waals surface area (Å²) in [6, 6.07) is -0.988. The molecular formula is C8H13NO4. The highest BCUT2D eigenvalue weighted by Gasteiger charge is 2.19. The molecule has 1 amide bonds. The normalized spacial score (nSPS) is 11.5. The van der Waals surface area contributed by atoms with Crippen LogP contribution in [0.1, 0.15) is 6.42 Å². The predicted molar refractivity (Wildman–Crippen MR) is 45.8 cm³/mol. The largest absolute Gasteiger partial charge is 0.467 e. The minimum absolute atomic E-state index is 0.105. The Balaban J connectivity index is 4.04. The molecule has 2 N–H and O–H groups in total. The van der Waals surface area contributed by atoms with Gasteiger partial charge >= 0.3 is 5.97 Å². The molecule has 5 heteroatoms. The second-order valence-corrected chi connectivity index (χ2v) is 2.32. The molecule has 0 bridgehead atoms. The number of hydrogen-bond acceptors (Lipinski definition) is 4. The van der Waals surface area contributed by atoms with Crippen LogP contribution in [0.3, 0.4) is 0 Å². The maximum atomic E-state index is 10.9. The molecule has 0 saturated carbocycles. The van der Waals surface area contributed by atoms with Gasteiger partial charge in [-0.15, -0.1) is 6.58 Å². The number of carbonyl (C=O) groups excluding carboxylic acids is 2. The van der Waals surface area contributed by atoms with Crippen LogP contribution in [0.15, 0.2) is 12.7 Å². The van der Waals surface area contributed by atoms with Crippen LogP contribution < -0.4 is 5.32 Å². The third-order valence-electron chi connectivity index (χ3n) is 1.33. The van der Waals surface area contributed by atoms with Crippen molar-refractivity contribution >= 4 is 11.9 Å². The number of hydrogen-bond donors (Lipinski definition) is 2. The van der Waals surface area contributed by atoms with E-state index in [0.717, 1.165) is 0 Å². The number of esters is 1. The molecule has 5 nitrogen and oxygen atoms in total. The van der Waals surface area contributed by atoms with Crippen molar-refractivity contribution < 1.29 is 19.4 Å². The summed E-state index contributed by atoms with van der Waals surface area (Å²) in [6.45, 7) is 2.88. The van der Waals surface area contributed by atoms with E-state index in [1.54, 1.807) is 0 Å². The van der Waals surface area contributed by atoms with E-state index in [0.29, 0.717) is 0 Å². The van der Waals surface area contributed by atoms with E-state index >= 15 is 0 Å². The number of rotatable bonds is 5. The third-order valence-corrected chi connectivity index (χ3v) is 1.33. The van der Waals surface area contributed by atoms with Crippen LogP contribution in [-0.2, 0) is 14.3 Å². The van der Waals surface area contributed by atoms with Crippen molar-refractivity contribution in [1.82, 2.24) is 5.32 Å². The van der Waals surface area contributed by atoms with Crippen molar-refractivity contribution in [3.05, 3.63) is 12.7 Å². The molecule has 0 aliphatic carbocycles. The van der Waals surface area contributed by atoms with Gasteiger partial charge in [0.2, 0.25) is 5.91 Å². The number of aliphatic hydroxyl groups is 1. The van der Waals surface area contributed by atoms with Gasteiger partial charge in [0.1, 0.15) is 0 Å². The molecule has 0 aromatic rings. The minimum atomic E-state index is -0.988. The summed E-state index contributed by atoms with van der Waals surface area (Å²) in [5, 5.41) is 11.0. The summed E-state index contributed by atoms with van der Waals surface area (Å²) < 4.78 is 4.34. The number of nitrogens with one attached hydrogen (secondary N) is 1. The van der Waals surface area contributed by atoms with Gasteiger partial charge in [0.15, 0.2) is 6.04 Å². The van der Waals surface area contributed by atoms with Gasteiger partial charge in [-0.3, -0.25) is 4.79 Å². The number of carbonyl (C=O) groups is 2. The van der Waals surface area contributed by atoms with Crippen molar-refractivity contribution in [2.24, 2.45) is 0 Å². The molecule has 0 radical (unpaired) electrons. The van der Waals surface area contributed by atoms with Gasteiger partial charge in [-0.05, 0) is 0 Å². The second-order valence-electron chi connectivity index (χ2n) is 2.32. The Hall–Kier alpha value is -1.36.